The first-order valence-electron chi connectivity index (χ1n) is 9.64. The number of aromatic hydroxyl groups is 1. The number of aromatic nitrogens is 2. The molecule has 0 bridgehead atoms. The summed E-state index contributed by atoms with van der Waals surface area (Å²) in [6, 6.07) is 12.5. The summed E-state index contributed by atoms with van der Waals surface area (Å²) in [6.07, 6.45) is 3.07. The van der Waals surface area contributed by atoms with Gasteiger partial charge in [-0.25, -0.2) is 0 Å². The zero-order valence-corrected chi connectivity index (χ0v) is 18.3. The van der Waals surface area contributed by atoms with Crippen LogP contribution in [0.25, 0.3) is 11.3 Å². The zero-order chi connectivity index (χ0) is 20.5. The lowest BCUT2D eigenvalue weighted by Crippen LogP contribution is -2.30. The van der Waals surface area contributed by atoms with Gasteiger partial charge >= 0.3 is 0 Å². The number of aromatic amines is 1. The van der Waals surface area contributed by atoms with Crippen molar-refractivity contribution in [3.05, 3.63) is 68.8 Å². The summed E-state index contributed by atoms with van der Waals surface area (Å²) >= 11 is 9.71. The predicted octanol–water partition coefficient (Wildman–Crippen LogP) is 5.93. The highest BCUT2D eigenvalue weighted by Crippen LogP contribution is 2.45. The first kappa shape index (κ1) is 20.0. The molecule has 1 unspecified atom stereocenters. The third kappa shape index (κ3) is 3.67. The average Bonchev–Trinajstić information content (AvgIpc) is 3.23. The Kier molecular flexibility index (Phi) is 5.65. The number of nitrogens with zero attached hydrogens (tertiary/aromatic N) is 2. The number of fused-ring (bicyclic) bond motifs is 1. The van der Waals surface area contributed by atoms with Crippen LogP contribution >= 0.6 is 27.5 Å². The molecule has 1 aromatic heterocycles. The molecule has 5 nitrogen and oxygen atoms in total. The fourth-order valence-corrected chi connectivity index (χ4v) is 4.47. The second-order valence-electron chi connectivity index (χ2n) is 7.19. The Balaban J connectivity index is 1.86. The Labute approximate surface area is 182 Å². The molecule has 0 fully saturated rings. The fourth-order valence-electron chi connectivity index (χ4n) is 3.89. The zero-order valence-electron chi connectivity index (χ0n) is 16.0. The van der Waals surface area contributed by atoms with Crippen molar-refractivity contribution in [1.29, 1.82) is 0 Å². The number of hydrogen-bond acceptors (Lipinski definition) is 3. The average molecular weight is 475 g/mol. The van der Waals surface area contributed by atoms with E-state index in [9.17, 15) is 9.90 Å². The van der Waals surface area contributed by atoms with Crippen molar-refractivity contribution in [2.75, 3.05) is 6.54 Å². The summed E-state index contributed by atoms with van der Waals surface area (Å²) in [5.41, 5.74) is 3.31. The van der Waals surface area contributed by atoms with Gasteiger partial charge in [0.15, 0.2) is 0 Å². The van der Waals surface area contributed by atoms with Crippen LogP contribution < -0.4 is 0 Å². The number of hydrogen-bond donors (Lipinski definition) is 2. The van der Waals surface area contributed by atoms with Gasteiger partial charge in [0.2, 0.25) is 0 Å². The van der Waals surface area contributed by atoms with Crippen molar-refractivity contribution in [3.8, 4) is 17.0 Å². The second-order valence-corrected chi connectivity index (χ2v) is 8.54. The van der Waals surface area contributed by atoms with Crippen LogP contribution in [0.1, 0.15) is 53.8 Å². The number of phenolic OH excluding ortho intramolecular Hbond substituents is 1. The smallest absolute Gasteiger partial charge is 0.273 e. The van der Waals surface area contributed by atoms with Gasteiger partial charge in [0.25, 0.3) is 5.91 Å². The van der Waals surface area contributed by atoms with E-state index < -0.39 is 0 Å². The van der Waals surface area contributed by atoms with E-state index in [4.69, 9.17) is 11.6 Å². The number of nitrogens with one attached hydrogen (secondary N) is 1. The summed E-state index contributed by atoms with van der Waals surface area (Å²) in [7, 11) is 0. The second kappa shape index (κ2) is 8.20. The summed E-state index contributed by atoms with van der Waals surface area (Å²) in [5.74, 6) is 0.00919. The van der Waals surface area contributed by atoms with Crippen molar-refractivity contribution in [1.82, 2.24) is 15.1 Å². The number of amides is 1. The van der Waals surface area contributed by atoms with E-state index in [1.807, 2.05) is 29.2 Å². The van der Waals surface area contributed by atoms with Gasteiger partial charge in [-0.15, -0.1) is 0 Å². The van der Waals surface area contributed by atoms with Crippen molar-refractivity contribution < 1.29 is 9.90 Å². The number of benzene rings is 2. The Morgan fingerprint density at radius 2 is 2.07 bits per heavy atom. The minimum Gasteiger partial charge on any atom is -0.507 e. The van der Waals surface area contributed by atoms with Crippen LogP contribution in [0.5, 0.6) is 5.75 Å². The first-order chi connectivity index (χ1) is 14.0. The van der Waals surface area contributed by atoms with E-state index in [0.29, 0.717) is 28.5 Å². The largest absolute Gasteiger partial charge is 0.507 e. The summed E-state index contributed by atoms with van der Waals surface area (Å²) in [4.78, 5) is 15.1. The first-order valence-corrected chi connectivity index (χ1v) is 10.8. The highest BCUT2D eigenvalue weighted by Gasteiger charge is 2.42. The van der Waals surface area contributed by atoms with E-state index in [1.54, 1.807) is 18.2 Å². The van der Waals surface area contributed by atoms with Crippen LogP contribution in [0, 0.1) is 0 Å². The molecule has 7 heteroatoms. The SMILES string of the molecule is CCCCCN1C(=O)c2[nH]nc(-c3cc(Cl)ccc3O)c2C1c1cccc(Br)c1. The van der Waals surface area contributed by atoms with Gasteiger partial charge in [0.1, 0.15) is 17.1 Å². The van der Waals surface area contributed by atoms with Crippen molar-refractivity contribution in [2.24, 2.45) is 0 Å². The molecule has 0 aliphatic carbocycles. The van der Waals surface area contributed by atoms with Gasteiger partial charge in [0.05, 0.1) is 6.04 Å². The van der Waals surface area contributed by atoms with E-state index in [0.717, 1.165) is 34.9 Å². The Morgan fingerprint density at radius 3 is 2.83 bits per heavy atom. The molecule has 1 aliphatic rings. The maximum absolute atomic E-state index is 13.2. The van der Waals surface area contributed by atoms with Gasteiger partial charge < -0.3 is 10.0 Å². The summed E-state index contributed by atoms with van der Waals surface area (Å²) in [6.45, 7) is 2.80. The number of unbranched alkanes of at least 4 members (excludes halogenated alkanes) is 2. The molecule has 1 aliphatic heterocycles. The number of halogens is 2. The minimum atomic E-state index is -0.279. The van der Waals surface area contributed by atoms with E-state index in [-0.39, 0.29) is 17.7 Å². The van der Waals surface area contributed by atoms with Crippen LogP contribution in [0.3, 0.4) is 0 Å². The molecular formula is C22H21BrClN3O2. The lowest BCUT2D eigenvalue weighted by molar-refractivity contribution is 0.0740. The van der Waals surface area contributed by atoms with Gasteiger partial charge in [-0.2, -0.15) is 5.10 Å². The number of carbonyl (C=O) groups is 1. The van der Waals surface area contributed by atoms with Crippen molar-refractivity contribution >= 4 is 33.4 Å². The molecule has 0 saturated heterocycles. The number of carbonyl (C=O) groups excluding carboxylic acids is 1. The third-order valence-electron chi connectivity index (χ3n) is 5.24. The van der Waals surface area contributed by atoms with Crippen molar-refractivity contribution in [3.63, 3.8) is 0 Å². The third-order valence-corrected chi connectivity index (χ3v) is 5.97. The maximum atomic E-state index is 13.2. The Morgan fingerprint density at radius 1 is 1.24 bits per heavy atom. The molecule has 1 atom stereocenters. The standard InChI is InChI=1S/C22H21BrClN3O2/c1-2-3-4-10-27-21(13-6-5-7-14(23)11-13)18-19(25-26-20(18)22(27)29)16-12-15(24)8-9-17(16)28/h5-9,11-12,21,28H,2-4,10H2,1H3,(H,25,26). The molecule has 4 rings (SSSR count). The molecule has 150 valence electrons. The number of H-pyrrole nitrogens is 1. The van der Waals surface area contributed by atoms with Crippen LogP contribution in [0.2, 0.25) is 5.02 Å². The molecule has 2 heterocycles. The minimum absolute atomic E-state index is 0.0682. The quantitative estimate of drug-likeness (QED) is 0.435. The van der Waals surface area contributed by atoms with E-state index in [2.05, 4.69) is 33.1 Å². The molecular weight excluding hydrogens is 454 g/mol. The molecule has 0 radical (unpaired) electrons. The van der Waals surface area contributed by atoms with Gasteiger partial charge in [-0.3, -0.25) is 9.89 Å². The van der Waals surface area contributed by atoms with Gasteiger partial charge in [-0.1, -0.05) is 59.4 Å². The highest BCUT2D eigenvalue weighted by molar-refractivity contribution is 9.10. The van der Waals surface area contributed by atoms with E-state index >= 15 is 0 Å². The van der Waals surface area contributed by atoms with Crippen molar-refractivity contribution in [2.45, 2.75) is 32.2 Å². The Bertz CT molecular complexity index is 1070. The normalized spacial score (nSPS) is 15.8. The molecule has 1 amide bonds. The number of rotatable bonds is 6. The summed E-state index contributed by atoms with van der Waals surface area (Å²) < 4.78 is 0.944. The van der Waals surface area contributed by atoms with Gasteiger partial charge in [0, 0.05) is 27.2 Å². The lowest BCUT2D eigenvalue weighted by Gasteiger charge is -2.26. The Hall–Kier alpha value is -2.31. The van der Waals surface area contributed by atoms with E-state index in [1.165, 1.54) is 0 Å². The summed E-state index contributed by atoms with van der Waals surface area (Å²) in [5, 5.41) is 18.2. The van der Waals surface area contributed by atoms with Crippen LogP contribution in [-0.2, 0) is 0 Å². The highest BCUT2D eigenvalue weighted by atomic mass is 79.9. The molecule has 29 heavy (non-hydrogen) atoms. The topological polar surface area (TPSA) is 69.2 Å². The van der Waals surface area contributed by atoms with Crippen LogP contribution in [0.15, 0.2) is 46.9 Å². The number of phenols is 1. The maximum Gasteiger partial charge on any atom is 0.273 e. The monoisotopic (exact) mass is 473 g/mol. The molecule has 0 spiro atoms. The molecule has 0 saturated carbocycles. The van der Waals surface area contributed by atoms with Crippen LogP contribution in [-0.4, -0.2) is 32.7 Å². The predicted molar refractivity (Wildman–Crippen MR) is 117 cm³/mol. The van der Waals surface area contributed by atoms with Crippen LogP contribution in [0.4, 0.5) is 0 Å². The molecule has 3 aromatic rings. The lowest BCUT2D eigenvalue weighted by atomic mass is 9.95. The van der Waals surface area contributed by atoms with Gasteiger partial charge in [-0.05, 0) is 42.3 Å². The molecule has 2 N–H and O–H groups in total. The fraction of sp³-hybridized carbons (Fsp3) is 0.273. The molecule has 2 aromatic carbocycles.